The van der Waals surface area contributed by atoms with Gasteiger partial charge in [-0.3, -0.25) is 4.68 Å². The van der Waals surface area contributed by atoms with Crippen LogP contribution >= 0.6 is 0 Å². The van der Waals surface area contributed by atoms with Crippen molar-refractivity contribution >= 4 is 0 Å². The molecule has 1 unspecified atom stereocenters. The zero-order chi connectivity index (χ0) is 14.7. The first kappa shape index (κ1) is 14.3. The van der Waals surface area contributed by atoms with E-state index in [1.54, 1.807) is 0 Å². The van der Waals surface area contributed by atoms with Gasteiger partial charge in [0.1, 0.15) is 0 Å². The van der Waals surface area contributed by atoms with Gasteiger partial charge in [0.15, 0.2) is 0 Å². The molecule has 0 bridgehead atoms. The van der Waals surface area contributed by atoms with Crippen LogP contribution in [0.25, 0.3) is 0 Å². The van der Waals surface area contributed by atoms with Gasteiger partial charge >= 0.3 is 0 Å². The van der Waals surface area contributed by atoms with Crippen LogP contribution in [-0.2, 0) is 18.9 Å². The molecule has 21 heavy (non-hydrogen) atoms. The highest BCUT2D eigenvalue weighted by Crippen LogP contribution is 2.47. The Morgan fingerprint density at radius 1 is 1.24 bits per heavy atom. The highest BCUT2D eigenvalue weighted by Gasteiger charge is 2.45. The molecule has 1 aliphatic carbocycles. The second-order valence-corrected chi connectivity index (χ2v) is 6.17. The number of aromatic nitrogens is 2. The van der Waals surface area contributed by atoms with Crippen molar-refractivity contribution in [3.05, 3.63) is 53.9 Å². The van der Waals surface area contributed by atoms with Gasteiger partial charge < -0.3 is 5.32 Å². The molecule has 0 aliphatic heterocycles. The molecule has 1 atom stereocenters. The predicted molar refractivity (Wildman–Crippen MR) is 86.3 cm³/mol. The molecule has 1 aliphatic rings. The average Bonchev–Trinajstić information content (AvgIpc) is 2.84. The number of rotatable bonds is 6. The van der Waals surface area contributed by atoms with E-state index < -0.39 is 0 Å². The quantitative estimate of drug-likeness (QED) is 0.883. The van der Waals surface area contributed by atoms with Crippen LogP contribution in [0.5, 0.6) is 0 Å². The molecule has 3 nitrogen and oxygen atoms in total. The number of aryl methyl sites for hydroxylation is 1. The molecule has 0 spiro atoms. The number of nitrogens with one attached hydrogen (secondary N) is 1. The number of benzene rings is 1. The highest BCUT2D eigenvalue weighted by atomic mass is 15.2. The van der Waals surface area contributed by atoms with Gasteiger partial charge in [-0.2, -0.15) is 5.10 Å². The molecule has 1 saturated carbocycles. The maximum atomic E-state index is 4.57. The van der Waals surface area contributed by atoms with Crippen molar-refractivity contribution in [1.82, 2.24) is 15.1 Å². The van der Waals surface area contributed by atoms with Crippen LogP contribution in [0.1, 0.15) is 37.4 Å². The van der Waals surface area contributed by atoms with E-state index in [2.05, 4.69) is 53.7 Å². The smallest absolute Gasteiger partial charge is 0.0640 e. The largest absolute Gasteiger partial charge is 0.313 e. The Labute approximate surface area is 127 Å². The number of nitrogens with zero attached hydrogens (tertiary/aromatic N) is 2. The van der Waals surface area contributed by atoms with E-state index in [0.717, 1.165) is 13.0 Å². The van der Waals surface area contributed by atoms with Crippen molar-refractivity contribution in [3.63, 3.8) is 0 Å². The fourth-order valence-corrected chi connectivity index (χ4v) is 3.66. The third-order valence-corrected chi connectivity index (χ3v) is 4.89. The Hall–Kier alpha value is -1.61. The number of hydrogen-bond donors (Lipinski definition) is 1. The third kappa shape index (κ3) is 2.75. The van der Waals surface area contributed by atoms with E-state index in [-0.39, 0.29) is 5.41 Å². The van der Waals surface area contributed by atoms with Crippen LogP contribution in [0.15, 0.2) is 42.6 Å². The molecule has 0 saturated heterocycles. The predicted octanol–water partition coefficient (Wildman–Crippen LogP) is 3.06. The zero-order valence-electron chi connectivity index (χ0n) is 13.0. The maximum Gasteiger partial charge on any atom is 0.0640 e. The topological polar surface area (TPSA) is 29.9 Å². The van der Waals surface area contributed by atoms with E-state index in [1.165, 1.54) is 30.5 Å². The van der Waals surface area contributed by atoms with Gasteiger partial charge in [0.2, 0.25) is 0 Å². The van der Waals surface area contributed by atoms with Gasteiger partial charge in [0.05, 0.1) is 5.69 Å². The van der Waals surface area contributed by atoms with Crippen LogP contribution in [0, 0.1) is 0 Å². The summed E-state index contributed by atoms with van der Waals surface area (Å²) < 4.78 is 1.90. The Morgan fingerprint density at radius 3 is 2.52 bits per heavy atom. The van der Waals surface area contributed by atoms with Crippen LogP contribution in [-0.4, -0.2) is 22.4 Å². The molecule has 3 rings (SSSR count). The summed E-state index contributed by atoms with van der Waals surface area (Å²) in [5, 5.41) is 8.31. The van der Waals surface area contributed by atoms with Gasteiger partial charge in [-0.05, 0) is 31.0 Å². The Kier molecular flexibility index (Phi) is 4.11. The van der Waals surface area contributed by atoms with E-state index in [0.29, 0.717) is 6.04 Å². The van der Waals surface area contributed by atoms with E-state index in [1.807, 2.05) is 17.9 Å². The first-order valence-electron chi connectivity index (χ1n) is 8.02. The molecule has 1 fully saturated rings. The SMILES string of the molecule is CCNC(Cc1ccn(C)n1)C1(c2ccccc2)CCC1. The van der Waals surface area contributed by atoms with Gasteiger partial charge in [0, 0.05) is 31.1 Å². The minimum Gasteiger partial charge on any atom is -0.313 e. The molecule has 112 valence electrons. The highest BCUT2D eigenvalue weighted by molar-refractivity contribution is 5.31. The lowest BCUT2D eigenvalue weighted by Crippen LogP contribution is -2.54. The summed E-state index contributed by atoms with van der Waals surface area (Å²) >= 11 is 0. The lowest BCUT2D eigenvalue weighted by Gasteiger charge is -2.48. The lowest BCUT2D eigenvalue weighted by molar-refractivity contribution is 0.168. The van der Waals surface area contributed by atoms with Gasteiger partial charge in [-0.1, -0.05) is 43.7 Å². The molecule has 1 aromatic carbocycles. The Morgan fingerprint density at radius 2 is 2.00 bits per heavy atom. The van der Waals surface area contributed by atoms with Gasteiger partial charge in [-0.25, -0.2) is 0 Å². The molecule has 1 aromatic heterocycles. The summed E-state index contributed by atoms with van der Waals surface area (Å²) in [4.78, 5) is 0. The fourth-order valence-electron chi connectivity index (χ4n) is 3.66. The van der Waals surface area contributed by atoms with Crippen LogP contribution in [0.2, 0.25) is 0 Å². The first-order chi connectivity index (χ1) is 10.2. The molecule has 2 aromatic rings. The number of hydrogen-bond acceptors (Lipinski definition) is 2. The lowest BCUT2D eigenvalue weighted by atomic mass is 9.59. The standard InChI is InChI=1S/C18H25N3/c1-3-19-17(14-16-10-13-21(2)20-16)18(11-7-12-18)15-8-5-4-6-9-15/h4-6,8-10,13,17,19H,3,7,11-12,14H2,1-2H3. The van der Waals surface area contributed by atoms with Crippen LogP contribution in [0.4, 0.5) is 0 Å². The molecule has 1 heterocycles. The van der Waals surface area contributed by atoms with E-state index >= 15 is 0 Å². The molecule has 1 N–H and O–H groups in total. The second-order valence-electron chi connectivity index (χ2n) is 6.17. The zero-order valence-corrected chi connectivity index (χ0v) is 13.0. The van der Waals surface area contributed by atoms with Crippen LogP contribution < -0.4 is 5.32 Å². The molecular weight excluding hydrogens is 258 g/mol. The summed E-state index contributed by atoms with van der Waals surface area (Å²) in [5.41, 5.74) is 2.96. The van der Waals surface area contributed by atoms with Crippen molar-refractivity contribution in [3.8, 4) is 0 Å². The van der Waals surface area contributed by atoms with E-state index in [4.69, 9.17) is 0 Å². The molecule has 3 heteroatoms. The molecule has 0 amide bonds. The van der Waals surface area contributed by atoms with E-state index in [9.17, 15) is 0 Å². The van der Waals surface area contributed by atoms with Crippen molar-refractivity contribution in [1.29, 1.82) is 0 Å². The Bertz CT molecular complexity index is 569. The Balaban J connectivity index is 1.87. The van der Waals surface area contributed by atoms with Crippen molar-refractivity contribution in [2.24, 2.45) is 7.05 Å². The second kappa shape index (κ2) is 6.02. The molecular formula is C18H25N3. The van der Waals surface area contributed by atoms with Crippen LogP contribution in [0.3, 0.4) is 0 Å². The summed E-state index contributed by atoms with van der Waals surface area (Å²) in [6, 6.07) is 13.6. The summed E-state index contributed by atoms with van der Waals surface area (Å²) in [5.74, 6) is 0. The maximum absolute atomic E-state index is 4.57. The number of likely N-dealkylation sites (N-methyl/N-ethyl adjacent to an activating group) is 1. The van der Waals surface area contributed by atoms with Crippen molar-refractivity contribution in [2.75, 3.05) is 6.54 Å². The summed E-state index contributed by atoms with van der Waals surface area (Å²) in [6.45, 7) is 3.20. The summed E-state index contributed by atoms with van der Waals surface area (Å²) in [6.07, 6.45) is 6.93. The van der Waals surface area contributed by atoms with Gasteiger partial charge in [0.25, 0.3) is 0 Å². The monoisotopic (exact) mass is 283 g/mol. The fraction of sp³-hybridized carbons (Fsp3) is 0.500. The average molecular weight is 283 g/mol. The first-order valence-corrected chi connectivity index (χ1v) is 8.02. The normalized spacial score (nSPS) is 18.2. The van der Waals surface area contributed by atoms with Crippen molar-refractivity contribution < 1.29 is 0 Å². The van der Waals surface area contributed by atoms with Crippen molar-refractivity contribution in [2.45, 2.75) is 44.1 Å². The third-order valence-electron chi connectivity index (χ3n) is 4.89. The molecule has 0 radical (unpaired) electrons. The summed E-state index contributed by atoms with van der Waals surface area (Å²) in [7, 11) is 1.99. The minimum absolute atomic E-state index is 0.286. The van der Waals surface area contributed by atoms with Gasteiger partial charge in [-0.15, -0.1) is 0 Å². The minimum atomic E-state index is 0.286.